The van der Waals surface area contributed by atoms with E-state index in [1.807, 2.05) is 0 Å². The molecule has 2 aromatic rings. The normalized spacial score (nSPS) is 17.7. The fourth-order valence-corrected chi connectivity index (χ4v) is 3.94. The van der Waals surface area contributed by atoms with Gasteiger partial charge < -0.3 is 0 Å². The van der Waals surface area contributed by atoms with Gasteiger partial charge >= 0.3 is 0 Å². The highest BCUT2D eigenvalue weighted by molar-refractivity contribution is 5.17. The number of benzene rings is 2. The Morgan fingerprint density at radius 2 is 1.35 bits per heavy atom. The van der Waals surface area contributed by atoms with Crippen LogP contribution in [0.1, 0.15) is 30.9 Å². The van der Waals surface area contributed by atoms with Crippen LogP contribution in [0.2, 0.25) is 0 Å². The maximum atomic E-state index is 4.03. The summed E-state index contributed by atoms with van der Waals surface area (Å²) in [6, 6.07) is 21.6. The molecule has 1 aliphatic rings. The molecule has 2 heteroatoms. The quantitative estimate of drug-likeness (QED) is 0.587. The summed E-state index contributed by atoms with van der Waals surface area (Å²) >= 11 is 0. The van der Waals surface area contributed by atoms with Gasteiger partial charge in [0.15, 0.2) is 0 Å². The molecular weight excluding hydrogens is 316 g/mol. The van der Waals surface area contributed by atoms with Crippen LogP contribution in [0.3, 0.4) is 0 Å². The Morgan fingerprint density at radius 3 is 1.77 bits per heavy atom. The summed E-state index contributed by atoms with van der Waals surface area (Å²) in [4.78, 5) is 0. The Hall–Kier alpha value is -2.16. The molecule has 0 saturated carbocycles. The molecule has 1 fully saturated rings. The van der Waals surface area contributed by atoms with Crippen molar-refractivity contribution in [2.75, 3.05) is 13.1 Å². The van der Waals surface area contributed by atoms with Gasteiger partial charge in [-0.2, -0.15) is 0 Å². The summed E-state index contributed by atoms with van der Waals surface area (Å²) in [5.74, 6) is 0. The average molecular weight is 347 g/mol. The molecule has 26 heavy (non-hydrogen) atoms. The summed E-state index contributed by atoms with van der Waals surface area (Å²) in [5.41, 5.74) is 2.98. The molecule has 1 heterocycles. The number of allylic oxidation sites excluding steroid dienone is 3. The summed E-state index contributed by atoms with van der Waals surface area (Å²) in [5, 5.41) is 5.07. The minimum absolute atomic E-state index is 0.248. The predicted octanol–water partition coefficient (Wildman–Crippen LogP) is 5.45. The Balaban J connectivity index is 1.82. The van der Waals surface area contributed by atoms with E-state index in [4.69, 9.17) is 0 Å². The second kappa shape index (κ2) is 8.98. The van der Waals surface area contributed by atoms with Crippen molar-refractivity contribution in [3.8, 4) is 0 Å². The van der Waals surface area contributed by atoms with Gasteiger partial charge in [-0.05, 0) is 30.9 Å². The second-order valence-corrected chi connectivity index (χ2v) is 7.38. The van der Waals surface area contributed by atoms with Gasteiger partial charge in [-0.25, -0.2) is 10.0 Å². The van der Waals surface area contributed by atoms with Crippen molar-refractivity contribution >= 4 is 0 Å². The SMILES string of the molecule is C=CCC1(C/C=C/C)CN(Cc2ccccc2)N(Cc2ccccc2)C1. The van der Waals surface area contributed by atoms with E-state index in [2.05, 4.69) is 102 Å². The minimum Gasteiger partial charge on any atom is -0.236 e. The van der Waals surface area contributed by atoms with Crippen LogP contribution in [0.4, 0.5) is 0 Å². The second-order valence-electron chi connectivity index (χ2n) is 7.38. The van der Waals surface area contributed by atoms with Gasteiger partial charge in [-0.15, -0.1) is 6.58 Å². The van der Waals surface area contributed by atoms with Crippen LogP contribution < -0.4 is 0 Å². The Kier molecular flexibility index (Phi) is 6.43. The van der Waals surface area contributed by atoms with Crippen LogP contribution in [0.15, 0.2) is 85.5 Å². The van der Waals surface area contributed by atoms with Crippen molar-refractivity contribution in [1.82, 2.24) is 10.0 Å². The van der Waals surface area contributed by atoms with Gasteiger partial charge in [-0.3, -0.25) is 0 Å². The number of hydrogen-bond acceptors (Lipinski definition) is 2. The maximum absolute atomic E-state index is 4.03. The molecule has 0 N–H and O–H groups in total. The molecule has 0 aromatic heterocycles. The lowest BCUT2D eigenvalue weighted by Gasteiger charge is -2.28. The van der Waals surface area contributed by atoms with Gasteiger partial charge in [0, 0.05) is 31.6 Å². The van der Waals surface area contributed by atoms with Crippen molar-refractivity contribution in [3.63, 3.8) is 0 Å². The first kappa shape index (κ1) is 18.6. The number of nitrogens with zero attached hydrogens (tertiary/aromatic N) is 2. The average Bonchev–Trinajstić information content (AvgIpc) is 2.99. The maximum Gasteiger partial charge on any atom is 0.0384 e. The molecule has 0 spiro atoms. The molecule has 0 amide bonds. The molecule has 1 aliphatic heterocycles. The van der Waals surface area contributed by atoms with Gasteiger partial charge in [0.1, 0.15) is 0 Å². The third-order valence-electron chi connectivity index (χ3n) is 5.22. The van der Waals surface area contributed by atoms with E-state index in [1.54, 1.807) is 0 Å². The van der Waals surface area contributed by atoms with E-state index in [1.165, 1.54) is 11.1 Å². The minimum atomic E-state index is 0.248. The van der Waals surface area contributed by atoms with E-state index < -0.39 is 0 Å². The third-order valence-corrected chi connectivity index (χ3v) is 5.22. The standard InChI is InChI=1S/C24H30N2/c1-3-5-17-24(16-4-2)20-25(18-22-12-8-6-9-13-22)26(21-24)19-23-14-10-7-11-15-23/h3-15H,2,16-21H2,1H3/b5-3+. The molecule has 0 bridgehead atoms. The lowest BCUT2D eigenvalue weighted by atomic mass is 9.81. The highest BCUT2D eigenvalue weighted by atomic mass is 15.6. The number of hydrogen-bond donors (Lipinski definition) is 0. The Labute approximate surface area is 158 Å². The van der Waals surface area contributed by atoms with Gasteiger partial charge in [0.2, 0.25) is 0 Å². The molecule has 2 aromatic carbocycles. The highest BCUT2D eigenvalue weighted by Gasteiger charge is 2.41. The highest BCUT2D eigenvalue weighted by Crippen LogP contribution is 2.38. The fourth-order valence-electron chi connectivity index (χ4n) is 3.94. The summed E-state index contributed by atoms with van der Waals surface area (Å²) in [6.07, 6.45) is 8.73. The van der Waals surface area contributed by atoms with Crippen LogP contribution >= 0.6 is 0 Å². The molecule has 3 rings (SSSR count). The first-order chi connectivity index (χ1) is 12.7. The lowest BCUT2D eigenvalue weighted by Crippen LogP contribution is -2.35. The zero-order chi connectivity index (χ0) is 18.2. The zero-order valence-electron chi connectivity index (χ0n) is 15.8. The monoisotopic (exact) mass is 346 g/mol. The van der Waals surface area contributed by atoms with Crippen LogP contribution in [-0.4, -0.2) is 23.1 Å². The van der Waals surface area contributed by atoms with Crippen LogP contribution in [0.25, 0.3) is 0 Å². The molecule has 2 nitrogen and oxygen atoms in total. The van der Waals surface area contributed by atoms with E-state index in [9.17, 15) is 0 Å². The molecule has 1 saturated heterocycles. The van der Waals surface area contributed by atoms with Crippen LogP contribution in [0, 0.1) is 5.41 Å². The van der Waals surface area contributed by atoms with E-state index in [-0.39, 0.29) is 5.41 Å². The summed E-state index contributed by atoms with van der Waals surface area (Å²) < 4.78 is 0. The topological polar surface area (TPSA) is 6.48 Å². The third kappa shape index (κ3) is 4.72. The number of hydrazine groups is 1. The summed E-state index contributed by atoms with van der Waals surface area (Å²) in [6.45, 7) is 10.2. The molecule has 0 unspecified atom stereocenters. The smallest absolute Gasteiger partial charge is 0.0384 e. The Morgan fingerprint density at radius 1 is 0.846 bits per heavy atom. The van der Waals surface area contributed by atoms with Gasteiger partial charge in [0.25, 0.3) is 0 Å². The van der Waals surface area contributed by atoms with Crippen molar-refractivity contribution < 1.29 is 0 Å². The Bertz CT molecular complexity index is 656. The van der Waals surface area contributed by atoms with Crippen molar-refractivity contribution in [2.24, 2.45) is 5.41 Å². The van der Waals surface area contributed by atoms with E-state index in [0.717, 1.165) is 39.0 Å². The summed E-state index contributed by atoms with van der Waals surface area (Å²) in [7, 11) is 0. The zero-order valence-corrected chi connectivity index (χ0v) is 15.8. The van der Waals surface area contributed by atoms with E-state index >= 15 is 0 Å². The van der Waals surface area contributed by atoms with Crippen molar-refractivity contribution in [3.05, 3.63) is 96.6 Å². The first-order valence-corrected chi connectivity index (χ1v) is 9.54. The van der Waals surface area contributed by atoms with Crippen molar-refractivity contribution in [1.29, 1.82) is 0 Å². The van der Waals surface area contributed by atoms with Crippen LogP contribution in [-0.2, 0) is 13.1 Å². The lowest BCUT2D eigenvalue weighted by molar-refractivity contribution is 0.0109. The van der Waals surface area contributed by atoms with Gasteiger partial charge in [0.05, 0.1) is 0 Å². The van der Waals surface area contributed by atoms with Gasteiger partial charge in [-0.1, -0.05) is 78.9 Å². The van der Waals surface area contributed by atoms with Crippen LogP contribution in [0.5, 0.6) is 0 Å². The largest absolute Gasteiger partial charge is 0.236 e. The number of rotatable bonds is 8. The first-order valence-electron chi connectivity index (χ1n) is 9.54. The van der Waals surface area contributed by atoms with E-state index in [0.29, 0.717) is 0 Å². The molecular formula is C24H30N2. The fraction of sp³-hybridized carbons (Fsp3) is 0.333. The predicted molar refractivity (Wildman–Crippen MR) is 110 cm³/mol. The molecule has 0 aliphatic carbocycles. The molecule has 0 atom stereocenters. The molecule has 136 valence electrons. The van der Waals surface area contributed by atoms with Crippen molar-refractivity contribution in [2.45, 2.75) is 32.9 Å². The molecule has 0 radical (unpaired) electrons.